The molecule has 152 valence electrons. The van der Waals surface area contributed by atoms with Crippen molar-refractivity contribution < 1.29 is 13.7 Å². The van der Waals surface area contributed by atoms with E-state index in [0.717, 1.165) is 18.7 Å². The third-order valence-corrected chi connectivity index (χ3v) is 7.54. The maximum absolute atomic E-state index is 12.6. The molecule has 1 aromatic carbocycles. The van der Waals surface area contributed by atoms with Crippen molar-refractivity contribution in [1.82, 2.24) is 9.21 Å². The molecule has 2 unspecified atom stereocenters. The maximum Gasteiger partial charge on any atom is 0.316 e. The van der Waals surface area contributed by atoms with Crippen molar-refractivity contribution in [2.24, 2.45) is 0 Å². The molecule has 5 nitrogen and oxygen atoms in total. The first-order chi connectivity index (χ1) is 12.5. The van der Waals surface area contributed by atoms with Crippen LogP contribution in [0.15, 0.2) is 18.2 Å². The number of piperazine rings is 1. The summed E-state index contributed by atoms with van der Waals surface area (Å²) in [4.78, 5) is 14.9. The van der Waals surface area contributed by atoms with Gasteiger partial charge in [0.05, 0.1) is 22.6 Å². The van der Waals surface area contributed by atoms with Crippen LogP contribution in [0.25, 0.3) is 0 Å². The van der Waals surface area contributed by atoms with E-state index < -0.39 is 15.1 Å². The first-order valence-corrected chi connectivity index (χ1v) is 11.7. The van der Waals surface area contributed by atoms with E-state index in [1.165, 1.54) is 7.11 Å². The third kappa shape index (κ3) is 5.18. The molecule has 27 heavy (non-hydrogen) atoms. The summed E-state index contributed by atoms with van der Waals surface area (Å²) in [6.45, 7) is 6.89. The van der Waals surface area contributed by atoms with E-state index in [1.54, 1.807) is 18.4 Å². The summed E-state index contributed by atoms with van der Waals surface area (Å²) in [5.74, 6) is 3.49. The van der Waals surface area contributed by atoms with E-state index in [-0.39, 0.29) is 12.0 Å². The summed E-state index contributed by atoms with van der Waals surface area (Å²) >= 11 is 12.2. The number of methoxy groups -OCH3 is 1. The molecule has 1 aromatic rings. The molecule has 1 saturated heterocycles. The molecule has 0 aliphatic carbocycles. The van der Waals surface area contributed by atoms with Gasteiger partial charge in [-0.2, -0.15) is 0 Å². The molecule has 0 spiro atoms. The summed E-state index contributed by atoms with van der Waals surface area (Å²) in [6.07, 6.45) is 2.26. The minimum Gasteiger partial charge on any atom is -0.468 e. The van der Waals surface area contributed by atoms with E-state index in [1.807, 2.05) is 17.3 Å². The zero-order valence-electron chi connectivity index (χ0n) is 16.3. The predicted molar refractivity (Wildman–Crippen MR) is 114 cm³/mol. The summed E-state index contributed by atoms with van der Waals surface area (Å²) in [7, 11) is -0.812. The van der Waals surface area contributed by atoms with E-state index in [9.17, 15) is 9.00 Å². The van der Waals surface area contributed by atoms with E-state index in [0.29, 0.717) is 29.6 Å². The number of ether oxygens (including phenoxy) is 1. The van der Waals surface area contributed by atoms with E-state index in [2.05, 4.69) is 17.7 Å². The van der Waals surface area contributed by atoms with Crippen molar-refractivity contribution in [3.05, 3.63) is 33.8 Å². The zero-order valence-corrected chi connectivity index (χ0v) is 18.7. The van der Waals surface area contributed by atoms with Crippen LogP contribution >= 0.6 is 23.2 Å². The Balaban J connectivity index is 2.14. The van der Waals surface area contributed by atoms with Crippen LogP contribution in [0.4, 0.5) is 0 Å². The predicted octanol–water partition coefficient (Wildman–Crippen LogP) is 3.08. The molecule has 0 amide bonds. The SMILES string of the molecule is C=S(C)(=O)N1CCN(CCC(C)(C(=O)OC)c2ccc(Cl)c(Cl)c2)C[C@@H]1C. The highest BCUT2D eigenvalue weighted by Gasteiger charge is 2.38. The molecule has 0 bridgehead atoms. The van der Waals surface area contributed by atoms with Crippen LogP contribution in [0, 0.1) is 0 Å². The average molecular weight is 435 g/mol. The van der Waals surface area contributed by atoms with Crippen LogP contribution in [-0.4, -0.2) is 70.8 Å². The number of hydrogen-bond donors (Lipinski definition) is 0. The number of halogens is 2. The number of nitrogens with zero attached hydrogens (tertiary/aromatic N) is 2. The van der Waals surface area contributed by atoms with Gasteiger partial charge in [0.25, 0.3) is 0 Å². The fourth-order valence-corrected chi connectivity index (χ4v) is 5.20. The second kappa shape index (κ2) is 8.70. The third-order valence-electron chi connectivity index (χ3n) is 5.27. The summed E-state index contributed by atoms with van der Waals surface area (Å²) < 4.78 is 19.3. The van der Waals surface area contributed by atoms with Crippen molar-refractivity contribution in [3.63, 3.8) is 0 Å². The molecule has 2 rings (SSSR count). The first kappa shape index (κ1) is 22.5. The lowest BCUT2D eigenvalue weighted by molar-refractivity contribution is -0.147. The molecule has 1 aliphatic rings. The van der Waals surface area contributed by atoms with Gasteiger partial charge in [-0.15, -0.1) is 0 Å². The molecule has 3 atom stereocenters. The van der Waals surface area contributed by atoms with Crippen molar-refractivity contribution >= 4 is 44.7 Å². The van der Waals surface area contributed by atoms with Gasteiger partial charge >= 0.3 is 5.97 Å². The topological polar surface area (TPSA) is 49.9 Å². The Bertz CT molecular complexity index is 800. The van der Waals surface area contributed by atoms with Gasteiger partial charge in [-0.25, -0.2) is 4.31 Å². The fraction of sp³-hybridized carbons (Fsp3) is 0.579. The highest BCUT2D eigenvalue weighted by atomic mass is 35.5. The molecular formula is C19H28Cl2N2O3S. The number of carbonyl (C=O) groups is 1. The Labute approximate surface area is 172 Å². The Hall–Kier alpha value is -0.790. The number of rotatable bonds is 6. The maximum atomic E-state index is 12.6. The van der Waals surface area contributed by atoms with Crippen molar-refractivity contribution in [2.45, 2.75) is 31.7 Å². The second-order valence-electron chi connectivity index (χ2n) is 7.45. The monoisotopic (exact) mass is 434 g/mol. The lowest BCUT2D eigenvalue weighted by atomic mass is 9.79. The Kier molecular flexibility index (Phi) is 7.25. The quantitative estimate of drug-likeness (QED) is 0.509. The van der Waals surface area contributed by atoms with Crippen LogP contribution in [0.2, 0.25) is 10.0 Å². The number of benzene rings is 1. The van der Waals surface area contributed by atoms with E-state index >= 15 is 0 Å². The Morgan fingerprint density at radius 1 is 1.37 bits per heavy atom. The van der Waals surface area contributed by atoms with Gasteiger partial charge in [0.2, 0.25) is 0 Å². The smallest absolute Gasteiger partial charge is 0.316 e. The minimum absolute atomic E-state index is 0.142. The number of hydrogen-bond acceptors (Lipinski definition) is 4. The fourth-order valence-electron chi connectivity index (χ4n) is 3.60. The summed E-state index contributed by atoms with van der Waals surface area (Å²) in [6, 6.07) is 5.40. The van der Waals surface area contributed by atoms with Crippen molar-refractivity contribution in [3.8, 4) is 0 Å². The normalized spacial score (nSPS) is 23.4. The van der Waals surface area contributed by atoms with Gasteiger partial charge in [-0.05, 0) is 50.4 Å². The first-order valence-electron chi connectivity index (χ1n) is 8.84. The number of carbonyl (C=O) groups excluding carboxylic acids is 1. The largest absolute Gasteiger partial charge is 0.468 e. The summed E-state index contributed by atoms with van der Waals surface area (Å²) in [5.41, 5.74) is -0.0432. The molecule has 1 heterocycles. The minimum atomic E-state index is -2.21. The van der Waals surface area contributed by atoms with Gasteiger partial charge in [0.1, 0.15) is 0 Å². The molecule has 1 fully saturated rings. The molecule has 0 N–H and O–H groups in total. The highest BCUT2D eigenvalue weighted by molar-refractivity contribution is 7.97. The molecule has 8 heteroatoms. The second-order valence-corrected chi connectivity index (χ2v) is 10.7. The highest BCUT2D eigenvalue weighted by Crippen LogP contribution is 2.34. The molecule has 0 aromatic heterocycles. The van der Waals surface area contributed by atoms with E-state index in [4.69, 9.17) is 27.9 Å². The van der Waals surface area contributed by atoms with Crippen LogP contribution in [0.1, 0.15) is 25.8 Å². The van der Waals surface area contributed by atoms with Gasteiger partial charge in [-0.3, -0.25) is 9.00 Å². The van der Waals surface area contributed by atoms with Crippen LogP contribution < -0.4 is 0 Å². The molecular weight excluding hydrogens is 407 g/mol. The van der Waals surface area contributed by atoms with Gasteiger partial charge < -0.3 is 9.64 Å². The molecule has 0 radical (unpaired) electrons. The van der Waals surface area contributed by atoms with Gasteiger partial charge in [-0.1, -0.05) is 29.3 Å². The van der Waals surface area contributed by atoms with Crippen LogP contribution in [0.3, 0.4) is 0 Å². The lowest BCUT2D eigenvalue weighted by Crippen LogP contribution is -2.54. The van der Waals surface area contributed by atoms with Gasteiger partial charge in [0.15, 0.2) is 0 Å². The van der Waals surface area contributed by atoms with Crippen LogP contribution in [0.5, 0.6) is 0 Å². The van der Waals surface area contributed by atoms with Gasteiger partial charge in [0, 0.05) is 41.6 Å². The molecule has 0 saturated carbocycles. The molecule has 1 aliphatic heterocycles. The van der Waals surface area contributed by atoms with Crippen LogP contribution in [-0.2, 0) is 24.7 Å². The standard InChI is InChI=1S/C19H28Cl2N2O3S/c1-14-13-22(10-11-23(14)27(4,5)25)9-8-19(2,18(24)26-3)15-6-7-16(20)17(21)12-15/h6-7,12,14H,4,8-11,13H2,1-3,5H3/t14-,19?,27?/m0/s1. The average Bonchev–Trinajstić information content (AvgIpc) is 2.60. The van der Waals surface area contributed by atoms with Crippen molar-refractivity contribution in [1.29, 1.82) is 0 Å². The Morgan fingerprint density at radius 3 is 2.56 bits per heavy atom. The lowest BCUT2D eigenvalue weighted by Gasteiger charge is -2.41. The number of esters is 1. The summed E-state index contributed by atoms with van der Waals surface area (Å²) in [5, 5.41) is 0.869. The zero-order chi connectivity index (χ0) is 20.4. The Morgan fingerprint density at radius 2 is 2.04 bits per heavy atom. The van der Waals surface area contributed by atoms with Crippen molar-refractivity contribution in [2.75, 3.05) is 39.5 Å².